The van der Waals surface area contributed by atoms with Crippen LogP contribution in [0.15, 0.2) is 33.8 Å². The highest BCUT2D eigenvalue weighted by Crippen LogP contribution is 2.22. The van der Waals surface area contributed by atoms with Crippen LogP contribution in [0, 0.1) is 0 Å². The first kappa shape index (κ1) is 10.3. The number of fused-ring (bicyclic) bond motifs is 1. The predicted molar refractivity (Wildman–Crippen MR) is 62.4 cm³/mol. The number of aromatic nitrogens is 5. The fraction of sp³-hybridized carbons (Fsp3) is 0.200. The van der Waals surface area contributed by atoms with Crippen molar-refractivity contribution in [3.8, 4) is 0 Å². The van der Waals surface area contributed by atoms with E-state index in [1.54, 1.807) is 11.7 Å². The van der Waals surface area contributed by atoms with E-state index in [4.69, 9.17) is 4.42 Å². The Kier molecular flexibility index (Phi) is 2.52. The van der Waals surface area contributed by atoms with Crippen LogP contribution in [-0.2, 0) is 12.8 Å². The minimum atomic E-state index is 0.614. The molecule has 2 aromatic heterocycles. The number of hydrogen-bond donors (Lipinski definition) is 0. The van der Waals surface area contributed by atoms with Gasteiger partial charge in [-0.05, 0) is 22.6 Å². The summed E-state index contributed by atoms with van der Waals surface area (Å²) < 4.78 is 7.21. The van der Waals surface area contributed by atoms with Crippen molar-refractivity contribution in [1.82, 2.24) is 25.2 Å². The van der Waals surface area contributed by atoms with Crippen LogP contribution in [0.25, 0.3) is 11.1 Å². The average molecular weight is 247 g/mol. The maximum Gasteiger partial charge on any atom is 0.209 e. The molecular weight excluding hydrogens is 238 g/mol. The highest BCUT2D eigenvalue weighted by Gasteiger charge is 2.08. The lowest BCUT2D eigenvalue weighted by molar-refractivity contribution is 0.555. The van der Waals surface area contributed by atoms with Crippen LogP contribution in [-0.4, -0.2) is 25.2 Å². The summed E-state index contributed by atoms with van der Waals surface area (Å²) in [6.07, 6.45) is 0. The van der Waals surface area contributed by atoms with Gasteiger partial charge in [-0.15, -0.1) is 5.10 Å². The molecule has 0 saturated heterocycles. The fourth-order valence-electron chi connectivity index (χ4n) is 1.45. The molecule has 3 rings (SSSR count). The van der Waals surface area contributed by atoms with Crippen molar-refractivity contribution in [1.29, 1.82) is 0 Å². The molecule has 0 aliphatic heterocycles. The lowest BCUT2D eigenvalue weighted by Crippen LogP contribution is -1.93. The van der Waals surface area contributed by atoms with E-state index in [2.05, 4.69) is 20.5 Å². The topological polar surface area (TPSA) is 69.6 Å². The maximum atomic E-state index is 5.60. The molecule has 1 aromatic carbocycles. The Balaban J connectivity index is 1.79. The van der Waals surface area contributed by atoms with Gasteiger partial charge in [0.15, 0.2) is 5.58 Å². The summed E-state index contributed by atoms with van der Waals surface area (Å²) in [6, 6.07) is 7.70. The van der Waals surface area contributed by atoms with E-state index >= 15 is 0 Å². The Morgan fingerprint density at radius 2 is 2.24 bits per heavy atom. The van der Waals surface area contributed by atoms with Crippen molar-refractivity contribution in [3.63, 3.8) is 0 Å². The molecular formula is C10H9N5OS. The van der Waals surface area contributed by atoms with E-state index in [1.165, 1.54) is 11.8 Å². The van der Waals surface area contributed by atoms with Gasteiger partial charge >= 0.3 is 0 Å². The van der Waals surface area contributed by atoms with E-state index in [0.717, 1.165) is 16.3 Å². The molecule has 0 spiro atoms. The molecule has 0 radical (unpaired) electrons. The van der Waals surface area contributed by atoms with E-state index in [9.17, 15) is 0 Å². The van der Waals surface area contributed by atoms with Gasteiger partial charge in [0.25, 0.3) is 0 Å². The smallest absolute Gasteiger partial charge is 0.209 e. The third-order valence-electron chi connectivity index (χ3n) is 2.24. The number of rotatable bonds is 3. The molecule has 0 aliphatic rings. The Bertz CT molecular complexity index is 614. The quantitative estimate of drug-likeness (QED) is 0.655. The molecule has 2 heterocycles. The first-order valence-corrected chi connectivity index (χ1v) is 6.01. The van der Waals surface area contributed by atoms with Crippen LogP contribution in [0.5, 0.6) is 0 Å². The van der Waals surface area contributed by atoms with Crippen LogP contribution in [0.2, 0.25) is 0 Å². The normalized spacial score (nSPS) is 11.1. The summed E-state index contributed by atoms with van der Waals surface area (Å²) in [6.45, 7) is 0. The lowest BCUT2D eigenvalue weighted by Gasteiger charge is -1.94. The Morgan fingerprint density at radius 3 is 3.00 bits per heavy atom. The molecule has 86 valence electrons. The van der Waals surface area contributed by atoms with Crippen molar-refractivity contribution in [2.24, 2.45) is 7.05 Å². The van der Waals surface area contributed by atoms with Crippen molar-refractivity contribution < 1.29 is 4.42 Å². The van der Waals surface area contributed by atoms with Gasteiger partial charge in [-0.2, -0.15) is 0 Å². The Labute approximate surface area is 101 Å². The molecule has 0 bridgehead atoms. The molecule has 0 saturated carbocycles. The second-order valence-electron chi connectivity index (χ2n) is 3.45. The number of tetrazole rings is 1. The monoisotopic (exact) mass is 247 g/mol. The van der Waals surface area contributed by atoms with Gasteiger partial charge in [0.2, 0.25) is 11.0 Å². The van der Waals surface area contributed by atoms with Crippen molar-refractivity contribution in [2.75, 3.05) is 0 Å². The average Bonchev–Trinajstić information content (AvgIpc) is 2.92. The number of hydrogen-bond acceptors (Lipinski definition) is 6. The van der Waals surface area contributed by atoms with E-state index in [-0.39, 0.29) is 0 Å². The largest absolute Gasteiger partial charge is 0.440 e. The number of oxazole rings is 1. The zero-order valence-corrected chi connectivity index (χ0v) is 9.89. The molecule has 0 unspecified atom stereocenters. The molecule has 0 atom stereocenters. The molecule has 0 N–H and O–H groups in total. The van der Waals surface area contributed by atoms with Crippen LogP contribution in [0.1, 0.15) is 5.89 Å². The third kappa shape index (κ3) is 2.01. The number of para-hydroxylation sites is 2. The standard InChI is InChI=1S/C10H9N5OS/c1-15-10(12-13-14-15)17-6-9-11-7-4-2-3-5-8(7)16-9/h2-5H,6H2,1H3. The molecule has 6 nitrogen and oxygen atoms in total. The minimum Gasteiger partial charge on any atom is -0.440 e. The third-order valence-corrected chi connectivity index (χ3v) is 3.24. The number of nitrogens with zero attached hydrogens (tertiary/aromatic N) is 5. The zero-order chi connectivity index (χ0) is 11.7. The van der Waals surface area contributed by atoms with Crippen LogP contribution in [0.4, 0.5) is 0 Å². The highest BCUT2D eigenvalue weighted by atomic mass is 32.2. The maximum absolute atomic E-state index is 5.60. The number of thioether (sulfide) groups is 1. The van der Waals surface area contributed by atoms with E-state index in [0.29, 0.717) is 11.6 Å². The van der Waals surface area contributed by atoms with Crippen LogP contribution in [0.3, 0.4) is 0 Å². The summed E-state index contributed by atoms with van der Waals surface area (Å²) in [7, 11) is 1.80. The molecule has 17 heavy (non-hydrogen) atoms. The number of aryl methyl sites for hydroxylation is 1. The lowest BCUT2D eigenvalue weighted by atomic mass is 10.3. The Hall–Kier alpha value is -1.89. The van der Waals surface area contributed by atoms with Crippen molar-refractivity contribution in [3.05, 3.63) is 30.2 Å². The SMILES string of the molecule is Cn1nnnc1SCc1nc2ccccc2o1. The molecule has 7 heteroatoms. The summed E-state index contributed by atoms with van der Waals surface area (Å²) in [5.41, 5.74) is 1.68. The van der Waals surface area contributed by atoms with Gasteiger partial charge in [-0.25, -0.2) is 9.67 Å². The molecule has 0 aliphatic carbocycles. The van der Waals surface area contributed by atoms with Crippen molar-refractivity contribution >= 4 is 22.9 Å². The molecule has 3 aromatic rings. The summed E-state index contributed by atoms with van der Waals surface area (Å²) in [5.74, 6) is 1.29. The van der Waals surface area contributed by atoms with Gasteiger partial charge in [0, 0.05) is 7.05 Å². The van der Waals surface area contributed by atoms with Gasteiger partial charge in [-0.1, -0.05) is 23.9 Å². The fourth-order valence-corrected chi connectivity index (χ4v) is 2.15. The molecule has 0 amide bonds. The van der Waals surface area contributed by atoms with Crippen LogP contribution >= 0.6 is 11.8 Å². The first-order chi connectivity index (χ1) is 8.33. The predicted octanol–water partition coefficient (Wildman–Crippen LogP) is 1.64. The van der Waals surface area contributed by atoms with Crippen LogP contribution < -0.4 is 0 Å². The number of benzene rings is 1. The summed E-state index contributed by atoms with van der Waals surface area (Å²) in [4.78, 5) is 4.38. The summed E-state index contributed by atoms with van der Waals surface area (Å²) >= 11 is 1.49. The molecule has 0 fully saturated rings. The van der Waals surface area contributed by atoms with Crippen molar-refractivity contribution in [2.45, 2.75) is 10.9 Å². The van der Waals surface area contributed by atoms with Gasteiger partial charge < -0.3 is 4.42 Å². The Morgan fingerprint density at radius 1 is 1.35 bits per heavy atom. The second-order valence-corrected chi connectivity index (χ2v) is 4.39. The van der Waals surface area contributed by atoms with E-state index < -0.39 is 0 Å². The van der Waals surface area contributed by atoms with Gasteiger partial charge in [-0.3, -0.25) is 0 Å². The second kappa shape index (κ2) is 4.17. The minimum absolute atomic E-state index is 0.614. The highest BCUT2D eigenvalue weighted by molar-refractivity contribution is 7.98. The van der Waals surface area contributed by atoms with Gasteiger partial charge in [0.05, 0.1) is 5.75 Å². The van der Waals surface area contributed by atoms with E-state index in [1.807, 2.05) is 24.3 Å². The zero-order valence-electron chi connectivity index (χ0n) is 9.07. The van der Waals surface area contributed by atoms with Gasteiger partial charge in [0.1, 0.15) is 5.52 Å². The first-order valence-electron chi connectivity index (χ1n) is 5.02. The summed E-state index contributed by atoms with van der Waals surface area (Å²) in [5, 5.41) is 11.9.